The molecule has 3 aromatic carbocycles. The number of carbonyl (C=O) groups excluding carboxylic acids is 1. The molecular weight excluding hydrogens is 448 g/mol. The minimum atomic E-state index is -4.07. The van der Waals surface area contributed by atoms with Crippen molar-refractivity contribution in [3.63, 3.8) is 0 Å². The maximum absolute atomic E-state index is 13.5. The SMILES string of the molecule is CCOc1ccccc1N(CC(=O)N[C@@H](C)c1ccccc1)S(=O)(=O)c1ccc(Cl)cc1. The van der Waals surface area contributed by atoms with Gasteiger partial charge in [-0.25, -0.2) is 8.42 Å². The lowest BCUT2D eigenvalue weighted by Gasteiger charge is -2.26. The van der Waals surface area contributed by atoms with Crippen LogP contribution in [0.3, 0.4) is 0 Å². The monoisotopic (exact) mass is 472 g/mol. The highest BCUT2D eigenvalue weighted by atomic mass is 35.5. The summed E-state index contributed by atoms with van der Waals surface area (Å²) in [6.07, 6.45) is 0. The highest BCUT2D eigenvalue weighted by Crippen LogP contribution is 2.32. The average molecular weight is 473 g/mol. The molecule has 0 fully saturated rings. The first-order valence-corrected chi connectivity index (χ1v) is 12.0. The van der Waals surface area contributed by atoms with E-state index >= 15 is 0 Å². The van der Waals surface area contributed by atoms with Gasteiger partial charge in [-0.3, -0.25) is 9.10 Å². The summed E-state index contributed by atoms with van der Waals surface area (Å²) in [5, 5.41) is 3.29. The molecule has 0 aliphatic rings. The lowest BCUT2D eigenvalue weighted by atomic mass is 10.1. The number of rotatable bonds is 9. The second kappa shape index (κ2) is 10.5. The number of para-hydroxylation sites is 2. The highest BCUT2D eigenvalue weighted by Gasteiger charge is 2.29. The first-order chi connectivity index (χ1) is 15.3. The first kappa shape index (κ1) is 23.6. The van der Waals surface area contributed by atoms with Crippen LogP contribution < -0.4 is 14.4 Å². The Hall–Kier alpha value is -3.03. The Morgan fingerprint density at radius 1 is 1.00 bits per heavy atom. The van der Waals surface area contributed by atoms with Gasteiger partial charge in [0, 0.05) is 5.02 Å². The van der Waals surface area contributed by atoms with Crippen molar-refractivity contribution < 1.29 is 17.9 Å². The molecule has 0 saturated heterocycles. The highest BCUT2D eigenvalue weighted by molar-refractivity contribution is 7.92. The van der Waals surface area contributed by atoms with Crippen LogP contribution in [0.25, 0.3) is 0 Å². The van der Waals surface area contributed by atoms with Gasteiger partial charge in [-0.05, 0) is 55.8 Å². The van der Waals surface area contributed by atoms with Crippen molar-refractivity contribution >= 4 is 33.2 Å². The molecule has 0 aromatic heterocycles. The molecule has 3 aromatic rings. The van der Waals surface area contributed by atoms with E-state index < -0.39 is 22.5 Å². The smallest absolute Gasteiger partial charge is 0.264 e. The van der Waals surface area contributed by atoms with Crippen LogP contribution in [-0.2, 0) is 14.8 Å². The maximum Gasteiger partial charge on any atom is 0.264 e. The van der Waals surface area contributed by atoms with Gasteiger partial charge < -0.3 is 10.1 Å². The predicted octanol–water partition coefficient (Wildman–Crippen LogP) is 4.81. The van der Waals surface area contributed by atoms with Gasteiger partial charge in [0.25, 0.3) is 10.0 Å². The average Bonchev–Trinajstić information content (AvgIpc) is 2.79. The van der Waals surface area contributed by atoms with Crippen LogP contribution in [0.1, 0.15) is 25.5 Å². The number of benzene rings is 3. The molecule has 0 radical (unpaired) electrons. The van der Waals surface area contributed by atoms with Gasteiger partial charge in [0.15, 0.2) is 0 Å². The lowest BCUT2D eigenvalue weighted by Crippen LogP contribution is -2.41. The number of sulfonamides is 1. The summed E-state index contributed by atoms with van der Waals surface area (Å²) in [6.45, 7) is 3.60. The van der Waals surface area contributed by atoms with Gasteiger partial charge in [0.1, 0.15) is 12.3 Å². The Morgan fingerprint density at radius 2 is 1.62 bits per heavy atom. The summed E-state index contributed by atoms with van der Waals surface area (Å²) < 4.78 is 33.8. The largest absolute Gasteiger partial charge is 0.492 e. The number of hydrogen-bond donors (Lipinski definition) is 1. The molecule has 0 spiro atoms. The Labute approximate surface area is 193 Å². The third-order valence-corrected chi connectivity index (χ3v) is 6.83. The molecule has 3 rings (SSSR count). The van der Waals surface area contributed by atoms with Gasteiger partial charge in [-0.15, -0.1) is 0 Å². The molecule has 1 atom stereocenters. The molecule has 32 heavy (non-hydrogen) atoms. The van der Waals surface area contributed by atoms with Crippen LogP contribution in [-0.4, -0.2) is 27.5 Å². The van der Waals surface area contributed by atoms with Crippen LogP contribution in [0, 0.1) is 0 Å². The second-order valence-electron chi connectivity index (χ2n) is 7.07. The van der Waals surface area contributed by atoms with Gasteiger partial charge in [-0.2, -0.15) is 0 Å². The summed E-state index contributed by atoms with van der Waals surface area (Å²) in [7, 11) is -4.07. The van der Waals surface area contributed by atoms with Crippen LogP contribution in [0.5, 0.6) is 5.75 Å². The normalized spacial score (nSPS) is 12.1. The number of anilines is 1. The van der Waals surface area contributed by atoms with Gasteiger partial charge in [0.05, 0.1) is 23.2 Å². The van der Waals surface area contributed by atoms with Crippen molar-refractivity contribution in [1.29, 1.82) is 0 Å². The third kappa shape index (κ3) is 5.60. The summed E-state index contributed by atoms with van der Waals surface area (Å²) in [6, 6.07) is 21.7. The maximum atomic E-state index is 13.5. The topological polar surface area (TPSA) is 75.7 Å². The van der Waals surface area contributed by atoms with Crippen LogP contribution in [0.2, 0.25) is 5.02 Å². The number of halogens is 1. The number of amides is 1. The number of carbonyl (C=O) groups is 1. The molecule has 0 aliphatic heterocycles. The summed E-state index contributed by atoms with van der Waals surface area (Å²) in [4.78, 5) is 13.0. The molecule has 0 bridgehead atoms. The fourth-order valence-electron chi connectivity index (χ4n) is 3.22. The van der Waals surface area contributed by atoms with E-state index in [1.807, 2.05) is 44.2 Å². The molecule has 0 heterocycles. The number of hydrogen-bond acceptors (Lipinski definition) is 4. The quantitative estimate of drug-likeness (QED) is 0.484. The standard InChI is InChI=1S/C24H25ClN2O4S/c1-3-31-23-12-8-7-11-22(23)27(32(29,30)21-15-13-20(25)14-16-21)17-24(28)26-18(2)19-9-5-4-6-10-19/h4-16,18H,3,17H2,1-2H3,(H,26,28)/t18-/m0/s1. The van der Waals surface area contributed by atoms with Gasteiger partial charge >= 0.3 is 0 Å². The zero-order valence-corrected chi connectivity index (χ0v) is 19.4. The lowest BCUT2D eigenvalue weighted by molar-refractivity contribution is -0.120. The van der Waals surface area contributed by atoms with Crippen molar-refractivity contribution in [1.82, 2.24) is 5.32 Å². The van der Waals surface area contributed by atoms with Gasteiger partial charge in [0.2, 0.25) is 5.91 Å². The van der Waals surface area contributed by atoms with Crippen molar-refractivity contribution in [2.75, 3.05) is 17.5 Å². The summed E-state index contributed by atoms with van der Waals surface area (Å²) >= 11 is 5.93. The van der Waals surface area contributed by atoms with Crippen molar-refractivity contribution in [2.24, 2.45) is 0 Å². The minimum absolute atomic E-state index is 0.0251. The molecule has 1 amide bonds. The van der Waals surface area contributed by atoms with E-state index in [2.05, 4.69) is 5.32 Å². The number of nitrogens with zero attached hydrogens (tertiary/aromatic N) is 1. The molecule has 0 saturated carbocycles. The number of ether oxygens (including phenoxy) is 1. The molecule has 168 valence electrons. The fraction of sp³-hybridized carbons (Fsp3) is 0.208. The molecule has 0 unspecified atom stereocenters. The van der Waals surface area contributed by atoms with Gasteiger partial charge in [-0.1, -0.05) is 54.1 Å². The molecule has 8 heteroatoms. The van der Waals surface area contributed by atoms with E-state index in [0.29, 0.717) is 17.4 Å². The summed E-state index contributed by atoms with van der Waals surface area (Å²) in [5.74, 6) is -0.0679. The molecule has 0 aliphatic carbocycles. The Kier molecular flexibility index (Phi) is 7.77. The van der Waals surface area contributed by atoms with Crippen molar-refractivity contribution in [3.05, 3.63) is 89.4 Å². The Bertz CT molecular complexity index is 1150. The van der Waals surface area contributed by atoms with E-state index in [1.54, 1.807) is 24.3 Å². The van der Waals surface area contributed by atoms with E-state index in [9.17, 15) is 13.2 Å². The summed E-state index contributed by atoms with van der Waals surface area (Å²) in [5.41, 5.74) is 1.20. The zero-order valence-electron chi connectivity index (χ0n) is 17.9. The van der Waals surface area contributed by atoms with E-state index in [0.717, 1.165) is 9.87 Å². The van der Waals surface area contributed by atoms with E-state index in [-0.39, 0.29) is 16.6 Å². The van der Waals surface area contributed by atoms with Crippen molar-refractivity contribution in [2.45, 2.75) is 24.8 Å². The Balaban J connectivity index is 1.96. The molecule has 1 N–H and O–H groups in total. The van der Waals surface area contributed by atoms with Crippen molar-refractivity contribution in [3.8, 4) is 5.75 Å². The third-order valence-electron chi connectivity index (χ3n) is 4.80. The second-order valence-corrected chi connectivity index (χ2v) is 9.36. The van der Waals surface area contributed by atoms with Crippen LogP contribution in [0.15, 0.2) is 83.8 Å². The first-order valence-electron chi connectivity index (χ1n) is 10.2. The fourth-order valence-corrected chi connectivity index (χ4v) is 4.77. The van der Waals surface area contributed by atoms with Crippen LogP contribution in [0.4, 0.5) is 5.69 Å². The van der Waals surface area contributed by atoms with E-state index in [4.69, 9.17) is 16.3 Å². The molecular formula is C24H25ClN2O4S. The zero-order chi connectivity index (χ0) is 23.1. The minimum Gasteiger partial charge on any atom is -0.492 e. The Morgan fingerprint density at radius 3 is 2.28 bits per heavy atom. The predicted molar refractivity (Wildman–Crippen MR) is 127 cm³/mol. The van der Waals surface area contributed by atoms with E-state index in [1.165, 1.54) is 24.3 Å². The molecule has 6 nitrogen and oxygen atoms in total. The van der Waals surface area contributed by atoms with Crippen LogP contribution >= 0.6 is 11.6 Å². The number of nitrogens with one attached hydrogen (secondary N) is 1.